The Labute approximate surface area is 301 Å². The highest BCUT2D eigenvalue weighted by atomic mass is 19.4. The van der Waals surface area contributed by atoms with Crippen LogP contribution in [0, 0.1) is 40.4 Å². The van der Waals surface area contributed by atoms with Crippen LogP contribution in [-0.4, -0.2) is 107 Å². The Balaban J connectivity index is 0.000000181. The van der Waals surface area contributed by atoms with E-state index in [1.807, 2.05) is 0 Å². The first-order valence-electron chi connectivity index (χ1n) is 18.8. The molecule has 3 saturated carbocycles. The molecule has 4 saturated heterocycles. The molecule has 0 aromatic rings. The van der Waals surface area contributed by atoms with Crippen molar-refractivity contribution >= 4 is 23.8 Å². The smallest absolute Gasteiger partial charge is 0.397 e. The van der Waals surface area contributed by atoms with Gasteiger partial charge in [0.15, 0.2) is 0 Å². The lowest BCUT2D eigenvalue weighted by Gasteiger charge is -2.46. The molecule has 10 atom stereocenters. The summed E-state index contributed by atoms with van der Waals surface area (Å²) in [5.74, 6) is -1.16. The van der Waals surface area contributed by atoms with Crippen molar-refractivity contribution in [2.45, 2.75) is 148 Å². The molecule has 0 aromatic heterocycles. The van der Waals surface area contributed by atoms with Crippen LogP contribution in [-0.2, 0) is 28.7 Å². The second-order valence-corrected chi connectivity index (χ2v) is 18.6. The van der Waals surface area contributed by atoms with Gasteiger partial charge in [-0.05, 0) is 116 Å². The molecule has 0 spiro atoms. The predicted molar refractivity (Wildman–Crippen MR) is 175 cm³/mol. The topological polar surface area (TPSA) is 96.5 Å². The largest absolute Gasteiger partial charge is 0.459 e. The number of ether oxygens (including phenoxy) is 2. The maximum Gasteiger partial charge on any atom is 0.397 e. The average Bonchev–Trinajstić information content (AvgIpc) is 3.77. The lowest BCUT2D eigenvalue weighted by molar-refractivity contribution is -0.173. The molecular weight excluding hydrogens is 696 g/mol. The molecule has 15 heteroatoms. The second kappa shape index (κ2) is 13.6. The molecule has 2 amide bonds. The number of halogens is 6. The van der Waals surface area contributed by atoms with Crippen LogP contribution < -0.4 is 0 Å². The summed E-state index contributed by atoms with van der Waals surface area (Å²) < 4.78 is 88.2. The molecule has 4 aliphatic heterocycles. The zero-order chi connectivity index (χ0) is 38.3. The predicted octanol–water partition coefficient (Wildman–Crippen LogP) is 6.13. The van der Waals surface area contributed by atoms with E-state index in [4.69, 9.17) is 9.47 Å². The molecular formula is C37H53F6N3O6. The van der Waals surface area contributed by atoms with Crippen molar-refractivity contribution in [3.8, 4) is 0 Å². The summed E-state index contributed by atoms with van der Waals surface area (Å²) in [5, 5.41) is 0. The van der Waals surface area contributed by atoms with E-state index in [0.717, 1.165) is 38.6 Å². The number of rotatable bonds is 6. The standard InChI is InChI=1S/C20H29F3N2O3.C17H24F3NO3/c1-19(2,3)18(27)28-17-14-7-12-6-13(24(14)9-11-4-5-11)16(17)25(10-12)15(26)8-20(21,22)23;1-16(2,3)15(23)24-14-11-5-9-4-10(6-11)13(14)21(8-9)12(22)7-17(18,19)20/h11-14,16-17H,4-10H2,1-3H3;9-11,13-14H,4-8H2,1-3H3/t12?,13?,14?,16?,17-;9?,10-,11+,13?,14-/m00/s1. The van der Waals surface area contributed by atoms with Crippen molar-refractivity contribution in [2.75, 3.05) is 19.6 Å². The number of esters is 2. The monoisotopic (exact) mass is 749 g/mol. The van der Waals surface area contributed by atoms with E-state index in [0.29, 0.717) is 19.0 Å². The van der Waals surface area contributed by atoms with E-state index in [1.165, 1.54) is 22.6 Å². The average molecular weight is 750 g/mol. The van der Waals surface area contributed by atoms with E-state index in [9.17, 15) is 45.5 Å². The van der Waals surface area contributed by atoms with Gasteiger partial charge < -0.3 is 19.3 Å². The Bertz CT molecular complexity index is 1400. The summed E-state index contributed by atoms with van der Waals surface area (Å²) in [5.41, 5.74) is -1.37. The normalized spacial score (nSPS) is 35.3. The van der Waals surface area contributed by atoms with Gasteiger partial charge in [-0.15, -0.1) is 0 Å². The van der Waals surface area contributed by atoms with E-state index in [2.05, 4.69) is 4.90 Å². The molecule has 7 fully saturated rings. The van der Waals surface area contributed by atoms with Gasteiger partial charge in [-0.2, -0.15) is 26.3 Å². The third kappa shape index (κ3) is 8.38. The first-order chi connectivity index (χ1) is 23.9. The maximum atomic E-state index is 12.9. The number of alkyl halides is 6. The molecule has 0 radical (unpaired) electrons. The van der Waals surface area contributed by atoms with Crippen LogP contribution in [0.25, 0.3) is 0 Å². The van der Waals surface area contributed by atoms with Gasteiger partial charge in [0, 0.05) is 31.7 Å². The Morgan fingerprint density at radius 1 is 0.596 bits per heavy atom. The number of hydrogen-bond acceptors (Lipinski definition) is 7. The van der Waals surface area contributed by atoms with Gasteiger partial charge in [0.05, 0.1) is 22.9 Å². The Kier molecular flexibility index (Phi) is 10.2. The number of carbonyl (C=O) groups excluding carboxylic acids is 4. The second-order valence-electron chi connectivity index (χ2n) is 18.6. The minimum Gasteiger partial charge on any atom is -0.459 e. The first kappa shape index (κ1) is 39.1. The fourth-order valence-electron chi connectivity index (χ4n) is 9.81. The van der Waals surface area contributed by atoms with Crippen LogP contribution in [0.3, 0.4) is 0 Å². The molecule has 294 valence electrons. The van der Waals surface area contributed by atoms with Gasteiger partial charge in [-0.25, -0.2) is 0 Å². The molecule has 4 heterocycles. The number of hydrogen-bond donors (Lipinski definition) is 0. The van der Waals surface area contributed by atoms with E-state index in [-0.39, 0.29) is 47.7 Å². The minimum atomic E-state index is -4.53. The lowest BCUT2D eigenvalue weighted by atomic mass is 9.78. The van der Waals surface area contributed by atoms with Gasteiger partial charge in [0.2, 0.25) is 11.8 Å². The van der Waals surface area contributed by atoms with Gasteiger partial charge >= 0.3 is 24.3 Å². The number of amides is 2. The fraction of sp³-hybridized carbons (Fsp3) is 0.892. The highest BCUT2D eigenvalue weighted by Crippen LogP contribution is 2.53. The van der Waals surface area contributed by atoms with Gasteiger partial charge in [-0.1, -0.05) is 0 Å². The molecule has 7 rings (SSSR count). The van der Waals surface area contributed by atoms with Crippen LogP contribution in [0.1, 0.15) is 99.3 Å². The van der Waals surface area contributed by atoms with Gasteiger partial charge in [0.1, 0.15) is 25.0 Å². The first-order valence-corrected chi connectivity index (χ1v) is 18.8. The highest BCUT2D eigenvalue weighted by molar-refractivity contribution is 5.79. The third-order valence-electron chi connectivity index (χ3n) is 12.1. The zero-order valence-corrected chi connectivity index (χ0v) is 30.9. The lowest BCUT2D eigenvalue weighted by Crippen LogP contribution is -2.58. The quantitative estimate of drug-likeness (QED) is 0.238. The number of nitrogens with zero attached hydrogens (tertiary/aromatic N) is 3. The third-order valence-corrected chi connectivity index (χ3v) is 12.1. The number of fused-ring (bicyclic) bond motifs is 4. The summed E-state index contributed by atoms with van der Waals surface area (Å²) in [6, 6.07) is -0.865. The molecule has 9 nitrogen and oxygen atoms in total. The van der Waals surface area contributed by atoms with Crippen molar-refractivity contribution in [1.29, 1.82) is 0 Å². The molecule has 0 N–H and O–H groups in total. The van der Waals surface area contributed by atoms with E-state index in [1.54, 1.807) is 41.5 Å². The van der Waals surface area contributed by atoms with Crippen molar-refractivity contribution < 1.29 is 55.0 Å². The summed E-state index contributed by atoms with van der Waals surface area (Å²) >= 11 is 0. The van der Waals surface area contributed by atoms with Gasteiger partial charge in [-0.3, -0.25) is 24.1 Å². The Hall–Kier alpha value is -2.58. The van der Waals surface area contributed by atoms with Crippen molar-refractivity contribution in [2.24, 2.45) is 40.4 Å². The summed E-state index contributed by atoms with van der Waals surface area (Å²) in [6.07, 6.45) is -6.37. The number of likely N-dealkylation sites (tertiary alicyclic amines) is 2. The van der Waals surface area contributed by atoms with Crippen molar-refractivity contribution in [1.82, 2.24) is 14.7 Å². The van der Waals surface area contributed by atoms with Crippen LogP contribution in [0.4, 0.5) is 26.3 Å². The van der Waals surface area contributed by atoms with Crippen LogP contribution in [0.5, 0.6) is 0 Å². The molecule has 6 bridgehead atoms. The van der Waals surface area contributed by atoms with E-state index < -0.39 is 72.1 Å². The van der Waals surface area contributed by atoms with Crippen molar-refractivity contribution in [3.63, 3.8) is 0 Å². The number of piperidine rings is 3. The van der Waals surface area contributed by atoms with Gasteiger partial charge in [0.25, 0.3) is 0 Å². The molecule has 7 aliphatic rings. The number of carbonyl (C=O) groups is 4. The summed E-state index contributed by atoms with van der Waals surface area (Å²) in [6.45, 7) is 12.1. The molecule has 0 aromatic carbocycles. The Morgan fingerprint density at radius 3 is 1.56 bits per heavy atom. The van der Waals surface area contributed by atoms with Crippen molar-refractivity contribution in [3.05, 3.63) is 0 Å². The van der Waals surface area contributed by atoms with Crippen LogP contribution in [0.2, 0.25) is 0 Å². The molecule has 3 aliphatic carbocycles. The molecule has 6 unspecified atom stereocenters. The Morgan fingerprint density at radius 2 is 1.06 bits per heavy atom. The zero-order valence-electron chi connectivity index (χ0n) is 30.9. The minimum absolute atomic E-state index is 0.00402. The van der Waals surface area contributed by atoms with Crippen LogP contribution >= 0.6 is 0 Å². The summed E-state index contributed by atoms with van der Waals surface area (Å²) in [4.78, 5) is 54.7. The SMILES string of the molecule is CC(C)(C)C(=O)O[C@@H]1C2C3CC(CC1N3CC1CC1)CN2C(=O)CC(F)(F)F.CC(C)(C)C(=O)O[C@@H]1C2[C@H]3CC(C[C@@H]1C3)CN2C(=O)CC(F)(F)F. The molecule has 52 heavy (non-hydrogen) atoms. The highest BCUT2D eigenvalue weighted by Gasteiger charge is 2.62. The fourth-order valence-corrected chi connectivity index (χ4v) is 9.81. The van der Waals surface area contributed by atoms with E-state index >= 15 is 0 Å². The maximum absolute atomic E-state index is 12.9. The summed E-state index contributed by atoms with van der Waals surface area (Å²) in [7, 11) is 0. The van der Waals surface area contributed by atoms with Crippen LogP contribution in [0.15, 0.2) is 0 Å².